The fourth-order valence-corrected chi connectivity index (χ4v) is 2.23. The molecule has 94 valence electrons. The number of nitrogens with zero attached hydrogens (tertiary/aromatic N) is 1. The molecule has 0 atom stereocenters. The van der Waals surface area contributed by atoms with Gasteiger partial charge in [-0.2, -0.15) is 0 Å². The van der Waals surface area contributed by atoms with Crippen molar-refractivity contribution in [3.8, 4) is 0 Å². The first kappa shape index (κ1) is 16.4. The fraction of sp³-hybridized carbons (Fsp3) is 0.700. The van der Waals surface area contributed by atoms with E-state index in [0.717, 1.165) is 27.5 Å². The second kappa shape index (κ2) is 7.70. The number of hydrogen-bond acceptors (Lipinski definition) is 2. The van der Waals surface area contributed by atoms with Gasteiger partial charge in [0.25, 0.3) is 5.24 Å². The van der Waals surface area contributed by atoms with Crippen molar-refractivity contribution in [1.82, 2.24) is 4.90 Å². The molecule has 16 heavy (non-hydrogen) atoms. The number of halogens is 3. The van der Waals surface area contributed by atoms with Crippen LogP contribution in [0, 0.1) is 0 Å². The van der Waals surface area contributed by atoms with Gasteiger partial charge in [-0.15, -0.1) is 0 Å². The summed E-state index contributed by atoms with van der Waals surface area (Å²) < 4.78 is 0. The number of carbonyl (C=O) groups excluding carboxylic acids is 1. The summed E-state index contributed by atoms with van der Waals surface area (Å²) >= 11 is 10.6. The second-order valence-electron chi connectivity index (χ2n) is 3.92. The standard InChI is InChI=1S/C7H14ClNOS.C3H2Cl2/c1-5(2)9(6(3)4)7(10)11-8;4-2-1-3(2)5/h5-6H,1-4H3;1H2. The predicted molar refractivity (Wildman–Crippen MR) is 74.3 cm³/mol. The highest BCUT2D eigenvalue weighted by molar-refractivity contribution is 8.32. The Labute approximate surface area is 116 Å². The highest BCUT2D eigenvalue weighted by atomic mass is 35.7. The molecule has 0 aromatic heterocycles. The van der Waals surface area contributed by atoms with Crippen molar-refractivity contribution in [2.45, 2.75) is 46.2 Å². The molecule has 0 saturated carbocycles. The Bertz CT molecular complexity index is 261. The van der Waals surface area contributed by atoms with Crippen molar-refractivity contribution in [3.05, 3.63) is 10.1 Å². The van der Waals surface area contributed by atoms with Crippen molar-refractivity contribution in [1.29, 1.82) is 0 Å². The van der Waals surface area contributed by atoms with E-state index in [9.17, 15) is 4.79 Å². The molecule has 0 aromatic rings. The summed E-state index contributed by atoms with van der Waals surface area (Å²) in [5, 5.41) is 1.58. The SMILES string of the molecule is CC(C)N(C(=O)SCl)C(C)C.ClC1=C(Cl)C1. The van der Waals surface area contributed by atoms with E-state index in [1.165, 1.54) is 0 Å². The number of amides is 1. The zero-order valence-electron chi connectivity index (χ0n) is 9.76. The first-order chi connectivity index (χ1) is 7.31. The minimum Gasteiger partial charge on any atom is -0.328 e. The number of rotatable bonds is 2. The highest BCUT2D eigenvalue weighted by Gasteiger charge is 2.19. The normalized spacial score (nSPS) is 13.8. The van der Waals surface area contributed by atoms with Gasteiger partial charge >= 0.3 is 0 Å². The lowest BCUT2D eigenvalue weighted by Crippen LogP contribution is -2.39. The van der Waals surface area contributed by atoms with E-state index in [1.54, 1.807) is 4.90 Å². The molecular formula is C10H16Cl3NOS. The van der Waals surface area contributed by atoms with Crippen LogP contribution in [0.1, 0.15) is 34.1 Å². The maximum Gasteiger partial charge on any atom is 0.297 e. The summed E-state index contributed by atoms with van der Waals surface area (Å²) in [5.41, 5.74) is 0. The predicted octanol–water partition coefficient (Wildman–Crippen LogP) is 5.19. The molecule has 0 fully saturated rings. The molecule has 0 N–H and O–H groups in total. The van der Waals surface area contributed by atoms with Crippen LogP contribution in [0.15, 0.2) is 10.1 Å². The van der Waals surface area contributed by atoms with Crippen LogP contribution in [0.4, 0.5) is 4.79 Å². The summed E-state index contributed by atoms with van der Waals surface area (Å²) in [7, 11) is 6.11. The lowest BCUT2D eigenvalue weighted by atomic mass is 10.2. The molecule has 0 bridgehead atoms. The van der Waals surface area contributed by atoms with Gasteiger partial charge in [0, 0.05) is 39.5 Å². The molecular weight excluding hydrogens is 289 g/mol. The summed E-state index contributed by atoms with van der Waals surface area (Å²) in [6.45, 7) is 7.91. The molecule has 6 heteroatoms. The van der Waals surface area contributed by atoms with Crippen LogP contribution in [0.25, 0.3) is 0 Å². The third kappa shape index (κ3) is 6.24. The summed E-state index contributed by atoms with van der Waals surface area (Å²) in [5.74, 6) is 0. The Balaban J connectivity index is 0.000000368. The zero-order chi connectivity index (χ0) is 12.9. The molecule has 0 aromatic carbocycles. The number of allylic oxidation sites excluding steroid dienone is 2. The largest absolute Gasteiger partial charge is 0.328 e. The minimum atomic E-state index is -0.0725. The van der Waals surface area contributed by atoms with Crippen LogP contribution in [0.5, 0.6) is 0 Å². The topological polar surface area (TPSA) is 20.3 Å². The molecule has 0 spiro atoms. The van der Waals surface area contributed by atoms with E-state index in [4.69, 9.17) is 33.9 Å². The van der Waals surface area contributed by atoms with Crippen molar-refractivity contribution >= 4 is 50.1 Å². The molecule has 1 amide bonds. The average molecular weight is 305 g/mol. The number of hydrogen-bond donors (Lipinski definition) is 0. The fourth-order valence-electron chi connectivity index (χ4n) is 1.15. The molecule has 1 rings (SSSR count). The van der Waals surface area contributed by atoms with Gasteiger partial charge < -0.3 is 4.90 Å². The van der Waals surface area contributed by atoms with Crippen molar-refractivity contribution < 1.29 is 4.79 Å². The van der Waals surface area contributed by atoms with Gasteiger partial charge in [0.1, 0.15) is 0 Å². The molecule has 1 aliphatic rings. The average Bonchev–Trinajstić information content (AvgIpc) is 2.79. The highest BCUT2D eigenvalue weighted by Crippen LogP contribution is 2.36. The van der Waals surface area contributed by atoms with Gasteiger partial charge in [-0.1, -0.05) is 23.2 Å². The molecule has 0 unspecified atom stereocenters. The minimum absolute atomic E-state index is 0.0725. The van der Waals surface area contributed by atoms with Gasteiger partial charge in [-0.25, -0.2) is 0 Å². The second-order valence-corrected chi connectivity index (χ2v) is 5.80. The first-order valence-corrected chi connectivity index (χ1v) is 7.35. The molecule has 0 aliphatic heterocycles. The van der Waals surface area contributed by atoms with E-state index in [0.29, 0.717) is 0 Å². The quantitative estimate of drug-likeness (QED) is 0.699. The Hall–Kier alpha value is 0.430. The van der Waals surface area contributed by atoms with Crippen LogP contribution in [0.3, 0.4) is 0 Å². The Morgan fingerprint density at radius 1 is 1.19 bits per heavy atom. The van der Waals surface area contributed by atoms with Gasteiger partial charge in [0.15, 0.2) is 0 Å². The lowest BCUT2D eigenvalue weighted by Gasteiger charge is -2.29. The van der Waals surface area contributed by atoms with Gasteiger partial charge in [-0.3, -0.25) is 4.79 Å². The monoisotopic (exact) mass is 303 g/mol. The van der Waals surface area contributed by atoms with E-state index in [-0.39, 0.29) is 17.3 Å². The smallest absolute Gasteiger partial charge is 0.297 e. The Kier molecular flexibility index (Phi) is 7.90. The third-order valence-electron chi connectivity index (χ3n) is 1.87. The lowest BCUT2D eigenvalue weighted by molar-refractivity contribution is 0.190. The van der Waals surface area contributed by atoms with E-state index >= 15 is 0 Å². The van der Waals surface area contributed by atoms with Crippen LogP contribution < -0.4 is 0 Å². The maximum atomic E-state index is 11.2. The number of carbonyl (C=O) groups is 1. The zero-order valence-corrected chi connectivity index (χ0v) is 12.8. The summed E-state index contributed by atoms with van der Waals surface area (Å²) in [4.78, 5) is 12.9. The van der Waals surface area contributed by atoms with Crippen LogP contribution in [-0.4, -0.2) is 22.2 Å². The summed E-state index contributed by atoms with van der Waals surface area (Å²) in [6, 6.07) is 0.433. The Morgan fingerprint density at radius 3 is 1.56 bits per heavy atom. The van der Waals surface area contributed by atoms with E-state index in [2.05, 4.69) is 0 Å². The van der Waals surface area contributed by atoms with Crippen molar-refractivity contribution in [3.63, 3.8) is 0 Å². The van der Waals surface area contributed by atoms with Crippen LogP contribution in [0.2, 0.25) is 0 Å². The van der Waals surface area contributed by atoms with Gasteiger partial charge in [-0.05, 0) is 38.4 Å². The van der Waals surface area contributed by atoms with E-state index < -0.39 is 0 Å². The maximum absolute atomic E-state index is 11.2. The molecule has 1 aliphatic carbocycles. The van der Waals surface area contributed by atoms with Crippen molar-refractivity contribution in [2.75, 3.05) is 0 Å². The third-order valence-corrected chi connectivity index (χ3v) is 3.43. The van der Waals surface area contributed by atoms with Gasteiger partial charge in [0.05, 0.1) is 0 Å². The molecule has 0 heterocycles. The first-order valence-electron chi connectivity index (χ1n) is 4.95. The summed E-state index contributed by atoms with van der Waals surface area (Å²) in [6.07, 6.45) is 0.836. The van der Waals surface area contributed by atoms with Crippen LogP contribution >= 0.6 is 44.9 Å². The van der Waals surface area contributed by atoms with Crippen LogP contribution in [-0.2, 0) is 0 Å². The molecule has 2 nitrogen and oxygen atoms in total. The Morgan fingerprint density at radius 2 is 1.50 bits per heavy atom. The molecule has 0 radical (unpaired) electrons. The van der Waals surface area contributed by atoms with E-state index in [1.807, 2.05) is 27.7 Å². The van der Waals surface area contributed by atoms with Crippen molar-refractivity contribution in [2.24, 2.45) is 0 Å². The van der Waals surface area contributed by atoms with Gasteiger partial charge in [0.2, 0.25) is 0 Å². The molecule has 0 saturated heterocycles.